The molecule has 1 unspecified atom stereocenters. The fourth-order valence-electron chi connectivity index (χ4n) is 1.67. The molecule has 4 nitrogen and oxygen atoms in total. The lowest BCUT2D eigenvalue weighted by atomic mass is 10.2. The normalized spacial score (nSPS) is 12.1. The van der Waals surface area contributed by atoms with E-state index in [2.05, 4.69) is 9.55 Å². The fourth-order valence-corrected chi connectivity index (χ4v) is 1.67. The van der Waals surface area contributed by atoms with Crippen molar-refractivity contribution in [3.05, 3.63) is 53.6 Å². The molecule has 0 fully saturated rings. The monoisotopic (exact) mass is 226 g/mol. The molecule has 0 aliphatic rings. The Bertz CT molecular complexity index is 549. The van der Waals surface area contributed by atoms with Crippen LogP contribution in [0.4, 0.5) is 0 Å². The van der Waals surface area contributed by atoms with E-state index < -0.39 is 0 Å². The van der Waals surface area contributed by atoms with E-state index in [0.717, 1.165) is 17.7 Å². The standard InChI is InChI=1S/C13H14N4/c1-10(15)12-3-5-17(9-12)8-11-2-4-16-13(6-11)7-14/h2-6,9-10H,8,15H2,1H3. The molecule has 0 spiro atoms. The lowest BCUT2D eigenvalue weighted by Crippen LogP contribution is -2.04. The maximum Gasteiger partial charge on any atom is 0.140 e. The molecule has 0 bridgehead atoms. The molecule has 4 heteroatoms. The van der Waals surface area contributed by atoms with Gasteiger partial charge >= 0.3 is 0 Å². The van der Waals surface area contributed by atoms with Crippen LogP contribution in [0.1, 0.15) is 29.8 Å². The van der Waals surface area contributed by atoms with Crippen molar-refractivity contribution in [2.75, 3.05) is 0 Å². The number of nitrogens with zero attached hydrogens (tertiary/aromatic N) is 3. The van der Waals surface area contributed by atoms with Crippen LogP contribution in [0.25, 0.3) is 0 Å². The Hall–Kier alpha value is -2.12. The van der Waals surface area contributed by atoms with Gasteiger partial charge in [-0.15, -0.1) is 0 Å². The Labute approximate surface area is 100 Å². The van der Waals surface area contributed by atoms with Gasteiger partial charge in [0.1, 0.15) is 11.8 Å². The van der Waals surface area contributed by atoms with Crippen LogP contribution in [0, 0.1) is 11.3 Å². The molecule has 0 saturated carbocycles. The van der Waals surface area contributed by atoms with Crippen LogP contribution in [0.2, 0.25) is 0 Å². The Balaban J connectivity index is 2.17. The number of hydrogen-bond acceptors (Lipinski definition) is 3. The maximum atomic E-state index is 8.77. The van der Waals surface area contributed by atoms with Gasteiger partial charge in [-0.05, 0) is 36.2 Å². The Kier molecular flexibility index (Phi) is 3.22. The van der Waals surface area contributed by atoms with Crippen LogP contribution in [0.5, 0.6) is 0 Å². The van der Waals surface area contributed by atoms with E-state index in [9.17, 15) is 0 Å². The van der Waals surface area contributed by atoms with Crippen LogP contribution in [0.3, 0.4) is 0 Å². The molecule has 86 valence electrons. The van der Waals surface area contributed by atoms with E-state index in [0.29, 0.717) is 5.69 Å². The summed E-state index contributed by atoms with van der Waals surface area (Å²) < 4.78 is 2.05. The first kappa shape index (κ1) is 11.4. The number of pyridine rings is 1. The molecule has 17 heavy (non-hydrogen) atoms. The number of aromatic nitrogens is 2. The predicted molar refractivity (Wildman–Crippen MR) is 65.1 cm³/mol. The predicted octanol–water partition coefficient (Wildman–Crippen LogP) is 1.82. The number of nitriles is 1. The zero-order valence-corrected chi connectivity index (χ0v) is 9.67. The summed E-state index contributed by atoms with van der Waals surface area (Å²) in [6.07, 6.45) is 5.67. The fraction of sp³-hybridized carbons (Fsp3) is 0.231. The molecular weight excluding hydrogens is 212 g/mol. The molecule has 2 rings (SSSR count). The quantitative estimate of drug-likeness (QED) is 0.868. The molecule has 2 aromatic heterocycles. The minimum atomic E-state index is 0.0448. The first-order chi connectivity index (χ1) is 8.19. The van der Waals surface area contributed by atoms with Crippen LogP contribution in [-0.4, -0.2) is 9.55 Å². The van der Waals surface area contributed by atoms with Gasteiger partial charge in [0.25, 0.3) is 0 Å². The van der Waals surface area contributed by atoms with E-state index in [1.807, 2.05) is 37.5 Å². The average molecular weight is 226 g/mol. The molecule has 2 heterocycles. The zero-order chi connectivity index (χ0) is 12.3. The van der Waals surface area contributed by atoms with Crippen molar-refractivity contribution in [3.63, 3.8) is 0 Å². The highest BCUT2D eigenvalue weighted by molar-refractivity contribution is 5.26. The van der Waals surface area contributed by atoms with Crippen LogP contribution >= 0.6 is 0 Å². The molecule has 2 aromatic rings. The van der Waals surface area contributed by atoms with Gasteiger partial charge < -0.3 is 10.3 Å². The topological polar surface area (TPSA) is 67.6 Å². The SMILES string of the molecule is CC(N)c1ccn(Cc2ccnc(C#N)c2)c1. The first-order valence-electron chi connectivity index (χ1n) is 5.45. The summed E-state index contributed by atoms with van der Waals surface area (Å²) in [5.41, 5.74) is 8.42. The summed E-state index contributed by atoms with van der Waals surface area (Å²) in [5, 5.41) is 8.77. The number of rotatable bonds is 3. The van der Waals surface area contributed by atoms with Gasteiger partial charge in [0, 0.05) is 31.2 Å². The largest absolute Gasteiger partial charge is 0.350 e. The van der Waals surface area contributed by atoms with Gasteiger partial charge in [-0.3, -0.25) is 0 Å². The first-order valence-corrected chi connectivity index (χ1v) is 5.45. The van der Waals surface area contributed by atoms with Gasteiger partial charge in [0.15, 0.2) is 0 Å². The van der Waals surface area contributed by atoms with Gasteiger partial charge in [-0.25, -0.2) is 4.98 Å². The van der Waals surface area contributed by atoms with Gasteiger partial charge in [-0.1, -0.05) is 0 Å². The van der Waals surface area contributed by atoms with Crippen LogP contribution < -0.4 is 5.73 Å². The highest BCUT2D eigenvalue weighted by Gasteiger charge is 2.02. The van der Waals surface area contributed by atoms with Crippen molar-refractivity contribution in [1.82, 2.24) is 9.55 Å². The maximum absolute atomic E-state index is 8.77. The second-order valence-electron chi connectivity index (χ2n) is 4.07. The second-order valence-corrected chi connectivity index (χ2v) is 4.07. The average Bonchev–Trinajstić information content (AvgIpc) is 2.78. The highest BCUT2D eigenvalue weighted by atomic mass is 14.9. The van der Waals surface area contributed by atoms with Crippen molar-refractivity contribution in [1.29, 1.82) is 5.26 Å². The van der Waals surface area contributed by atoms with E-state index in [4.69, 9.17) is 11.0 Å². The van der Waals surface area contributed by atoms with E-state index in [-0.39, 0.29) is 6.04 Å². The third kappa shape index (κ3) is 2.71. The van der Waals surface area contributed by atoms with Gasteiger partial charge in [-0.2, -0.15) is 5.26 Å². The molecule has 1 atom stereocenters. The molecule has 0 saturated heterocycles. The lowest BCUT2D eigenvalue weighted by molar-refractivity contribution is 0.776. The Morgan fingerprint density at radius 1 is 1.53 bits per heavy atom. The van der Waals surface area contributed by atoms with Crippen molar-refractivity contribution in [2.45, 2.75) is 19.5 Å². The van der Waals surface area contributed by atoms with Crippen LogP contribution in [0.15, 0.2) is 36.8 Å². The number of nitrogens with two attached hydrogens (primary N) is 1. The lowest BCUT2D eigenvalue weighted by Gasteiger charge is -2.04. The van der Waals surface area contributed by atoms with Crippen LogP contribution in [-0.2, 0) is 6.54 Å². The summed E-state index contributed by atoms with van der Waals surface area (Å²) >= 11 is 0. The third-order valence-electron chi connectivity index (χ3n) is 2.60. The summed E-state index contributed by atoms with van der Waals surface area (Å²) in [6, 6.07) is 7.80. The molecular formula is C13H14N4. The molecule has 0 aliphatic carbocycles. The summed E-state index contributed by atoms with van der Waals surface area (Å²) in [6.45, 7) is 2.68. The smallest absolute Gasteiger partial charge is 0.140 e. The third-order valence-corrected chi connectivity index (χ3v) is 2.60. The minimum Gasteiger partial charge on any atom is -0.350 e. The Morgan fingerprint density at radius 3 is 3.00 bits per heavy atom. The minimum absolute atomic E-state index is 0.0448. The van der Waals surface area contributed by atoms with Crippen molar-refractivity contribution in [3.8, 4) is 6.07 Å². The molecule has 0 aromatic carbocycles. The van der Waals surface area contributed by atoms with Crippen molar-refractivity contribution >= 4 is 0 Å². The van der Waals surface area contributed by atoms with Gasteiger partial charge in [0.05, 0.1) is 0 Å². The number of hydrogen-bond donors (Lipinski definition) is 1. The molecule has 0 radical (unpaired) electrons. The highest BCUT2D eigenvalue weighted by Crippen LogP contribution is 2.11. The summed E-state index contributed by atoms with van der Waals surface area (Å²) in [5.74, 6) is 0. The van der Waals surface area contributed by atoms with Crippen molar-refractivity contribution in [2.24, 2.45) is 5.73 Å². The van der Waals surface area contributed by atoms with E-state index >= 15 is 0 Å². The van der Waals surface area contributed by atoms with E-state index in [1.165, 1.54) is 0 Å². The van der Waals surface area contributed by atoms with E-state index in [1.54, 1.807) is 12.3 Å². The second kappa shape index (κ2) is 4.81. The summed E-state index contributed by atoms with van der Waals surface area (Å²) in [4.78, 5) is 3.94. The zero-order valence-electron chi connectivity index (χ0n) is 9.67. The molecule has 2 N–H and O–H groups in total. The molecule has 0 aliphatic heterocycles. The Morgan fingerprint density at radius 2 is 2.35 bits per heavy atom. The van der Waals surface area contributed by atoms with Crippen molar-refractivity contribution < 1.29 is 0 Å². The summed E-state index contributed by atoms with van der Waals surface area (Å²) in [7, 11) is 0. The molecule has 0 amide bonds. The van der Waals surface area contributed by atoms with Gasteiger partial charge in [0.2, 0.25) is 0 Å².